The highest BCUT2D eigenvalue weighted by Crippen LogP contribution is 2.36. The summed E-state index contributed by atoms with van der Waals surface area (Å²) in [6, 6.07) is 18.9. The van der Waals surface area contributed by atoms with Crippen molar-refractivity contribution >= 4 is 39.2 Å². The van der Waals surface area contributed by atoms with E-state index in [1.165, 1.54) is 6.07 Å². The molecule has 0 saturated carbocycles. The van der Waals surface area contributed by atoms with Gasteiger partial charge < -0.3 is 14.8 Å². The second kappa shape index (κ2) is 11.3. The largest absolute Gasteiger partial charge is 0.490 e. The van der Waals surface area contributed by atoms with E-state index in [2.05, 4.69) is 21.2 Å². The number of nitrogens with zero attached hydrogens (tertiary/aromatic N) is 1. The standard InChI is InChI=1S/C26H22BrFN2O3/c1-3-32-24-13-18(12-19(15-29)21-6-4-5-7-23(21)28)22(27)14-25(24)33-16-26(31)30-20-10-8-17(2)9-11-20/h4-14H,3,16H2,1-2H3,(H,30,31)/b19-12-. The van der Waals surface area contributed by atoms with Crippen molar-refractivity contribution in [2.24, 2.45) is 0 Å². The highest BCUT2D eigenvalue weighted by molar-refractivity contribution is 9.10. The van der Waals surface area contributed by atoms with Gasteiger partial charge in [0, 0.05) is 15.7 Å². The fourth-order valence-electron chi connectivity index (χ4n) is 3.03. The average molecular weight is 509 g/mol. The van der Waals surface area contributed by atoms with E-state index in [1.807, 2.05) is 44.2 Å². The lowest BCUT2D eigenvalue weighted by Crippen LogP contribution is -2.20. The van der Waals surface area contributed by atoms with Crippen molar-refractivity contribution in [3.63, 3.8) is 0 Å². The van der Waals surface area contributed by atoms with E-state index in [4.69, 9.17) is 9.47 Å². The van der Waals surface area contributed by atoms with E-state index in [1.54, 1.807) is 36.4 Å². The smallest absolute Gasteiger partial charge is 0.262 e. The number of aryl methyl sites for hydroxylation is 1. The molecule has 7 heteroatoms. The summed E-state index contributed by atoms with van der Waals surface area (Å²) in [7, 11) is 0. The molecule has 0 spiro atoms. The Hall–Kier alpha value is -3.63. The summed E-state index contributed by atoms with van der Waals surface area (Å²) >= 11 is 3.46. The van der Waals surface area contributed by atoms with Gasteiger partial charge in [-0.2, -0.15) is 5.26 Å². The summed E-state index contributed by atoms with van der Waals surface area (Å²) in [5, 5.41) is 12.3. The van der Waals surface area contributed by atoms with E-state index in [-0.39, 0.29) is 23.7 Å². The molecule has 1 amide bonds. The second-order valence-corrected chi connectivity index (χ2v) is 7.96. The molecule has 0 aliphatic heterocycles. The number of carbonyl (C=O) groups excluding carboxylic acids is 1. The zero-order valence-corrected chi connectivity index (χ0v) is 19.8. The minimum atomic E-state index is -0.481. The van der Waals surface area contributed by atoms with Crippen LogP contribution in [0.3, 0.4) is 0 Å². The SMILES string of the molecule is CCOc1cc(/C=C(/C#N)c2ccccc2F)c(Br)cc1OCC(=O)Nc1ccc(C)cc1. The van der Waals surface area contributed by atoms with Crippen molar-refractivity contribution in [3.05, 3.63) is 87.6 Å². The van der Waals surface area contributed by atoms with Gasteiger partial charge in [0.25, 0.3) is 5.91 Å². The average Bonchev–Trinajstić information content (AvgIpc) is 2.80. The first kappa shape index (κ1) is 24.0. The number of amides is 1. The van der Waals surface area contributed by atoms with Crippen LogP contribution < -0.4 is 14.8 Å². The van der Waals surface area contributed by atoms with Crippen molar-refractivity contribution in [1.29, 1.82) is 5.26 Å². The Balaban J connectivity index is 1.82. The number of hydrogen-bond donors (Lipinski definition) is 1. The van der Waals surface area contributed by atoms with Gasteiger partial charge in [-0.05, 0) is 55.8 Å². The highest BCUT2D eigenvalue weighted by Gasteiger charge is 2.14. The number of ether oxygens (including phenoxy) is 2. The first-order chi connectivity index (χ1) is 15.9. The summed E-state index contributed by atoms with van der Waals surface area (Å²) in [6.45, 7) is 3.95. The molecule has 3 aromatic carbocycles. The fourth-order valence-corrected chi connectivity index (χ4v) is 3.46. The third-order valence-electron chi connectivity index (χ3n) is 4.64. The molecule has 0 aliphatic rings. The van der Waals surface area contributed by atoms with Crippen molar-refractivity contribution in [3.8, 4) is 17.6 Å². The Morgan fingerprint density at radius 3 is 2.48 bits per heavy atom. The molecular weight excluding hydrogens is 487 g/mol. The van der Waals surface area contributed by atoms with Crippen LogP contribution in [0.5, 0.6) is 11.5 Å². The van der Waals surface area contributed by atoms with Gasteiger partial charge in [-0.25, -0.2) is 4.39 Å². The van der Waals surface area contributed by atoms with E-state index < -0.39 is 5.82 Å². The summed E-state index contributed by atoms with van der Waals surface area (Å²) in [5.74, 6) is -0.0241. The predicted molar refractivity (Wildman–Crippen MR) is 130 cm³/mol. The topological polar surface area (TPSA) is 71.3 Å². The minimum Gasteiger partial charge on any atom is -0.490 e. The van der Waals surface area contributed by atoms with Gasteiger partial charge in [-0.15, -0.1) is 0 Å². The Bertz CT molecular complexity index is 1220. The van der Waals surface area contributed by atoms with Gasteiger partial charge in [0.2, 0.25) is 0 Å². The van der Waals surface area contributed by atoms with Crippen LogP contribution in [-0.4, -0.2) is 19.1 Å². The number of halogens is 2. The molecule has 3 aromatic rings. The van der Waals surface area contributed by atoms with Crippen LogP contribution in [0.2, 0.25) is 0 Å². The third-order valence-corrected chi connectivity index (χ3v) is 5.33. The Morgan fingerprint density at radius 2 is 1.82 bits per heavy atom. The molecule has 0 radical (unpaired) electrons. The maximum Gasteiger partial charge on any atom is 0.262 e. The van der Waals surface area contributed by atoms with Gasteiger partial charge in [0.1, 0.15) is 5.82 Å². The number of nitriles is 1. The Morgan fingerprint density at radius 1 is 1.12 bits per heavy atom. The van der Waals surface area contributed by atoms with Gasteiger partial charge in [-0.1, -0.05) is 51.8 Å². The van der Waals surface area contributed by atoms with Gasteiger partial charge >= 0.3 is 0 Å². The lowest BCUT2D eigenvalue weighted by atomic mass is 10.0. The molecule has 0 saturated heterocycles. The van der Waals surface area contributed by atoms with Crippen molar-refractivity contribution in [2.75, 3.05) is 18.5 Å². The quantitative estimate of drug-likeness (QED) is 0.283. The molecule has 0 heterocycles. The number of anilines is 1. The molecular formula is C26H22BrFN2O3. The first-order valence-corrected chi connectivity index (χ1v) is 11.0. The van der Waals surface area contributed by atoms with Crippen LogP contribution in [0.1, 0.15) is 23.6 Å². The summed E-state index contributed by atoms with van der Waals surface area (Å²) < 4.78 is 26.1. The molecule has 0 aliphatic carbocycles. The molecule has 1 N–H and O–H groups in total. The third kappa shape index (κ3) is 6.43. The summed E-state index contributed by atoms with van der Waals surface area (Å²) in [5.41, 5.74) is 2.76. The van der Waals surface area contributed by atoms with Crippen LogP contribution in [-0.2, 0) is 4.79 Å². The van der Waals surface area contributed by atoms with Crippen molar-refractivity contribution in [2.45, 2.75) is 13.8 Å². The molecule has 33 heavy (non-hydrogen) atoms. The minimum absolute atomic E-state index is 0.169. The van der Waals surface area contributed by atoms with E-state index >= 15 is 0 Å². The number of carbonyl (C=O) groups is 1. The van der Waals surface area contributed by atoms with E-state index in [9.17, 15) is 14.4 Å². The maximum absolute atomic E-state index is 14.2. The van der Waals surface area contributed by atoms with Crippen LogP contribution in [0.15, 0.2) is 65.1 Å². The molecule has 0 atom stereocenters. The lowest BCUT2D eigenvalue weighted by Gasteiger charge is -2.14. The molecule has 5 nitrogen and oxygen atoms in total. The second-order valence-electron chi connectivity index (χ2n) is 7.11. The van der Waals surface area contributed by atoms with Crippen molar-refractivity contribution in [1.82, 2.24) is 0 Å². The zero-order valence-electron chi connectivity index (χ0n) is 18.2. The number of hydrogen-bond acceptors (Lipinski definition) is 4. The van der Waals surface area contributed by atoms with E-state index in [0.29, 0.717) is 33.8 Å². The van der Waals surface area contributed by atoms with Crippen LogP contribution in [0.25, 0.3) is 11.6 Å². The van der Waals surface area contributed by atoms with Crippen molar-refractivity contribution < 1.29 is 18.7 Å². The number of benzene rings is 3. The monoisotopic (exact) mass is 508 g/mol. The highest BCUT2D eigenvalue weighted by atomic mass is 79.9. The van der Waals surface area contributed by atoms with Gasteiger partial charge in [-0.3, -0.25) is 4.79 Å². The molecule has 3 rings (SSSR count). The number of rotatable bonds is 8. The summed E-state index contributed by atoms with van der Waals surface area (Å²) in [4.78, 5) is 12.3. The van der Waals surface area contributed by atoms with E-state index in [0.717, 1.165) is 5.56 Å². The van der Waals surface area contributed by atoms with Crippen LogP contribution >= 0.6 is 15.9 Å². The lowest BCUT2D eigenvalue weighted by molar-refractivity contribution is -0.118. The zero-order chi connectivity index (χ0) is 23.8. The molecule has 0 fully saturated rings. The first-order valence-electron chi connectivity index (χ1n) is 10.2. The number of allylic oxidation sites excluding steroid dienone is 1. The van der Waals surface area contributed by atoms with Crippen LogP contribution in [0.4, 0.5) is 10.1 Å². The molecule has 0 unspecified atom stereocenters. The van der Waals surface area contributed by atoms with Gasteiger partial charge in [0.05, 0.1) is 18.2 Å². The maximum atomic E-state index is 14.2. The van der Waals surface area contributed by atoms with Crippen LogP contribution in [0, 0.1) is 24.1 Å². The molecule has 0 aromatic heterocycles. The summed E-state index contributed by atoms with van der Waals surface area (Å²) in [6.07, 6.45) is 1.57. The Kier molecular flexibility index (Phi) is 8.22. The predicted octanol–water partition coefficient (Wildman–Crippen LogP) is 6.38. The normalized spacial score (nSPS) is 10.9. The number of nitrogens with one attached hydrogen (secondary N) is 1. The van der Waals surface area contributed by atoms with Gasteiger partial charge in [0.15, 0.2) is 18.1 Å². The Labute approximate surface area is 200 Å². The fraction of sp³-hybridized carbons (Fsp3) is 0.154. The molecule has 168 valence electrons. The molecule has 0 bridgehead atoms.